The number of phenols is 1. The van der Waals surface area contributed by atoms with Crippen LogP contribution in [0.3, 0.4) is 0 Å². The molecule has 19 heavy (non-hydrogen) atoms. The number of nitrogens with two attached hydrogens (primary N) is 1. The molecule has 96 valence electrons. The maximum absolute atomic E-state index is 9.59. The van der Waals surface area contributed by atoms with Crippen molar-refractivity contribution in [3.8, 4) is 17.0 Å². The van der Waals surface area contributed by atoms with Crippen LogP contribution >= 0.6 is 11.6 Å². The first-order chi connectivity index (χ1) is 9.08. The number of aromatic hydroxyl groups is 1. The van der Waals surface area contributed by atoms with Crippen LogP contribution in [0.2, 0.25) is 5.02 Å². The van der Waals surface area contributed by atoms with Crippen LogP contribution in [0.5, 0.6) is 5.75 Å². The third kappa shape index (κ3) is 1.77. The van der Waals surface area contributed by atoms with Gasteiger partial charge in [-0.05, 0) is 18.2 Å². The monoisotopic (exact) mass is 275 g/mol. The first-order valence-electron chi connectivity index (χ1n) is 5.50. The Hall–Kier alpha value is -2.34. The van der Waals surface area contributed by atoms with Gasteiger partial charge in [-0.25, -0.2) is 14.6 Å². The molecule has 2 aromatic heterocycles. The third-order valence-corrected chi connectivity index (χ3v) is 3.18. The van der Waals surface area contributed by atoms with Gasteiger partial charge >= 0.3 is 0 Å². The summed E-state index contributed by atoms with van der Waals surface area (Å²) in [5, 5.41) is 15.0. The Balaban J connectivity index is 2.40. The molecular formula is C12H10ClN5O. The van der Waals surface area contributed by atoms with E-state index in [0.717, 1.165) is 0 Å². The third-order valence-electron chi connectivity index (χ3n) is 2.85. The molecule has 3 rings (SSSR count). The number of anilines is 1. The fourth-order valence-corrected chi connectivity index (χ4v) is 2.20. The molecular weight excluding hydrogens is 266 g/mol. The van der Waals surface area contributed by atoms with Crippen molar-refractivity contribution in [2.45, 2.75) is 0 Å². The van der Waals surface area contributed by atoms with Crippen LogP contribution in [0.15, 0.2) is 24.5 Å². The number of hydrogen-bond donors (Lipinski definition) is 2. The minimum absolute atomic E-state index is 0.105. The summed E-state index contributed by atoms with van der Waals surface area (Å²) in [5.74, 6) is 0.432. The second kappa shape index (κ2) is 4.10. The number of rotatable bonds is 1. The summed E-state index contributed by atoms with van der Waals surface area (Å²) >= 11 is 6.15. The van der Waals surface area contributed by atoms with E-state index in [1.807, 2.05) is 0 Å². The van der Waals surface area contributed by atoms with Gasteiger partial charge in [0.25, 0.3) is 0 Å². The SMILES string of the molecule is Cn1nc(-c2cc(O)ccc2Cl)c2c(N)ncnc21. The Morgan fingerprint density at radius 2 is 2.11 bits per heavy atom. The van der Waals surface area contributed by atoms with E-state index < -0.39 is 0 Å². The predicted molar refractivity (Wildman–Crippen MR) is 72.8 cm³/mol. The molecule has 3 N–H and O–H groups in total. The summed E-state index contributed by atoms with van der Waals surface area (Å²) in [4.78, 5) is 8.11. The van der Waals surface area contributed by atoms with Crippen molar-refractivity contribution in [1.82, 2.24) is 19.7 Å². The largest absolute Gasteiger partial charge is 0.508 e. The molecule has 1 aromatic carbocycles. The van der Waals surface area contributed by atoms with Gasteiger partial charge in [-0.1, -0.05) is 11.6 Å². The lowest BCUT2D eigenvalue weighted by atomic mass is 10.1. The van der Waals surface area contributed by atoms with Gasteiger partial charge in [-0.15, -0.1) is 0 Å². The van der Waals surface area contributed by atoms with Crippen molar-refractivity contribution in [3.63, 3.8) is 0 Å². The molecule has 7 heteroatoms. The molecule has 0 aliphatic rings. The van der Waals surface area contributed by atoms with Crippen molar-refractivity contribution >= 4 is 28.5 Å². The van der Waals surface area contributed by atoms with Gasteiger partial charge in [0.1, 0.15) is 23.6 Å². The molecule has 0 aliphatic carbocycles. The lowest BCUT2D eigenvalue weighted by molar-refractivity contribution is 0.475. The number of phenolic OH excluding ortho intramolecular Hbond substituents is 1. The zero-order chi connectivity index (χ0) is 13.6. The molecule has 0 unspecified atom stereocenters. The van der Waals surface area contributed by atoms with Crippen molar-refractivity contribution in [1.29, 1.82) is 0 Å². The number of fused-ring (bicyclic) bond motifs is 1. The summed E-state index contributed by atoms with van der Waals surface area (Å²) in [6.45, 7) is 0. The summed E-state index contributed by atoms with van der Waals surface area (Å²) in [5.41, 5.74) is 7.64. The zero-order valence-electron chi connectivity index (χ0n) is 10.0. The van der Waals surface area contributed by atoms with Crippen molar-refractivity contribution in [2.24, 2.45) is 7.05 Å². The van der Waals surface area contributed by atoms with Crippen LogP contribution in [-0.4, -0.2) is 24.9 Å². The van der Waals surface area contributed by atoms with E-state index in [2.05, 4.69) is 15.1 Å². The van der Waals surface area contributed by atoms with E-state index in [-0.39, 0.29) is 5.75 Å². The highest BCUT2D eigenvalue weighted by Gasteiger charge is 2.17. The van der Waals surface area contributed by atoms with Gasteiger partial charge in [0.15, 0.2) is 5.65 Å². The average molecular weight is 276 g/mol. The molecule has 0 spiro atoms. The number of halogens is 1. The lowest BCUT2D eigenvalue weighted by Crippen LogP contribution is -1.95. The highest BCUT2D eigenvalue weighted by atomic mass is 35.5. The molecule has 0 saturated heterocycles. The maximum Gasteiger partial charge on any atom is 0.163 e. The normalized spacial score (nSPS) is 11.1. The van der Waals surface area contributed by atoms with Crippen molar-refractivity contribution < 1.29 is 5.11 Å². The smallest absolute Gasteiger partial charge is 0.163 e. The Kier molecular flexibility index (Phi) is 2.53. The number of aryl methyl sites for hydroxylation is 1. The van der Waals surface area contributed by atoms with Gasteiger partial charge in [-0.2, -0.15) is 5.10 Å². The Labute approximate surface area is 113 Å². The van der Waals surface area contributed by atoms with Crippen LogP contribution in [-0.2, 0) is 7.05 Å². The summed E-state index contributed by atoms with van der Waals surface area (Å²) < 4.78 is 1.60. The minimum Gasteiger partial charge on any atom is -0.508 e. The van der Waals surface area contributed by atoms with E-state index in [1.165, 1.54) is 18.5 Å². The molecule has 6 nitrogen and oxygen atoms in total. The second-order valence-corrected chi connectivity index (χ2v) is 4.50. The van der Waals surface area contributed by atoms with E-state index >= 15 is 0 Å². The lowest BCUT2D eigenvalue weighted by Gasteiger charge is -2.03. The first kappa shape index (κ1) is 11.7. The van der Waals surface area contributed by atoms with Crippen LogP contribution in [0.4, 0.5) is 5.82 Å². The number of benzene rings is 1. The van der Waals surface area contributed by atoms with Crippen LogP contribution in [0.1, 0.15) is 0 Å². The summed E-state index contributed by atoms with van der Waals surface area (Å²) in [6.07, 6.45) is 1.38. The zero-order valence-corrected chi connectivity index (χ0v) is 10.8. The van der Waals surface area contributed by atoms with Gasteiger partial charge in [0, 0.05) is 12.6 Å². The fraction of sp³-hybridized carbons (Fsp3) is 0.0833. The first-order valence-corrected chi connectivity index (χ1v) is 5.88. The van der Waals surface area contributed by atoms with Crippen LogP contribution in [0, 0.1) is 0 Å². The van der Waals surface area contributed by atoms with Crippen LogP contribution in [0.25, 0.3) is 22.3 Å². The van der Waals surface area contributed by atoms with E-state index in [1.54, 1.807) is 17.8 Å². The number of nitrogen functional groups attached to an aromatic ring is 1. The van der Waals surface area contributed by atoms with E-state index in [4.69, 9.17) is 17.3 Å². The van der Waals surface area contributed by atoms with Gasteiger partial charge in [0.2, 0.25) is 0 Å². The maximum atomic E-state index is 9.59. The molecule has 2 heterocycles. The molecule has 3 aromatic rings. The second-order valence-electron chi connectivity index (χ2n) is 4.09. The topological polar surface area (TPSA) is 89.8 Å². The summed E-state index contributed by atoms with van der Waals surface area (Å²) in [6, 6.07) is 4.65. The Bertz CT molecular complexity index is 783. The summed E-state index contributed by atoms with van der Waals surface area (Å²) in [7, 11) is 1.76. The number of aromatic nitrogens is 4. The molecule has 0 aliphatic heterocycles. The number of hydrogen-bond acceptors (Lipinski definition) is 5. The number of nitrogens with zero attached hydrogens (tertiary/aromatic N) is 4. The Morgan fingerprint density at radius 3 is 2.89 bits per heavy atom. The van der Waals surface area contributed by atoms with Gasteiger partial charge in [-0.3, -0.25) is 0 Å². The standard InChI is InChI=1S/C12H10ClN5O/c1-18-12-9(11(14)15-5-16-12)10(17-18)7-4-6(19)2-3-8(7)13/h2-5,19H,1H3,(H2,14,15,16). The fourth-order valence-electron chi connectivity index (χ4n) is 1.99. The molecule has 0 radical (unpaired) electrons. The van der Waals surface area contributed by atoms with Gasteiger partial charge < -0.3 is 10.8 Å². The highest BCUT2D eigenvalue weighted by molar-refractivity contribution is 6.33. The molecule has 0 atom stereocenters. The van der Waals surface area contributed by atoms with Crippen molar-refractivity contribution in [3.05, 3.63) is 29.5 Å². The Morgan fingerprint density at radius 1 is 1.32 bits per heavy atom. The quantitative estimate of drug-likeness (QED) is 0.709. The average Bonchev–Trinajstić information content (AvgIpc) is 2.72. The highest BCUT2D eigenvalue weighted by Crippen LogP contribution is 2.35. The molecule has 0 bridgehead atoms. The van der Waals surface area contributed by atoms with Crippen molar-refractivity contribution in [2.75, 3.05) is 5.73 Å². The van der Waals surface area contributed by atoms with Gasteiger partial charge in [0.05, 0.1) is 10.4 Å². The molecule has 0 saturated carbocycles. The molecule has 0 amide bonds. The minimum atomic E-state index is 0.105. The van der Waals surface area contributed by atoms with Crippen LogP contribution < -0.4 is 5.73 Å². The molecule has 0 fully saturated rings. The van der Waals surface area contributed by atoms with E-state index in [9.17, 15) is 5.11 Å². The predicted octanol–water partition coefficient (Wildman–Crippen LogP) is 1.97. The van der Waals surface area contributed by atoms with E-state index in [0.29, 0.717) is 33.1 Å².